The number of rotatable bonds is 5. The van der Waals surface area contributed by atoms with Gasteiger partial charge in [0, 0.05) is 5.56 Å². The quantitative estimate of drug-likeness (QED) is 0.611. The van der Waals surface area contributed by atoms with Crippen molar-refractivity contribution in [3.05, 3.63) is 54.6 Å². The maximum absolute atomic E-state index is 12.1. The van der Waals surface area contributed by atoms with Crippen LogP contribution in [0.1, 0.15) is 11.7 Å². The van der Waals surface area contributed by atoms with Crippen molar-refractivity contribution in [3.8, 4) is 5.75 Å². The van der Waals surface area contributed by atoms with Gasteiger partial charge in [0.1, 0.15) is 24.4 Å². The van der Waals surface area contributed by atoms with Crippen LogP contribution in [0.25, 0.3) is 0 Å². The molecule has 1 aromatic carbocycles. The maximum Gasteiger partial charge on any atom is 0.316 e. The van der Waals surface area contributed by atoms with Crippen molar-refractivity contribution in [2.45, 2.75) is 6.10 Å². The molecule has 4 nitrogen and oxygen atoms in total. The van der Waals surface area contributed by atoms with Crippen LogP contribution in [0.2, 0.25) is 0 Å². The van der Waals surface area contributed by atoms with Gasteiger partial charge in [-0.1, -0.05) is 37.4 Å². The largest absolute Gasteiger partial charge is 0.496 e. The summed E-state index contributed by atoms with van der Waals surface area (Å²) < 4.78 is 16.2. The van der Waals surface area contributed by atoms with Crippen LogP contribution in [-0.4, -0.2) is 26.3 Å². The Morgan fingerprint density at radius 1 is 1.50 bits per heavy atom. The van der Waals surface area contributed by atoms with Gasteiger partial charge in [-0.3, -0.25) is 4.79 Å². The van der Waals surface area contributed by atoms with E-state index < -0.39 is 12.0 Å². The van der Waals surface area contributed by atoms with Gasteiger partial charge < -0.3 is 14.2 Å². The molecule has 0 amide bonds. The van der Waals surface area contributed by atoms with Gasteiger partial charge in [-0.15, -0.1) is 0 Å². The van der Waals surface area contributed by atoms with Gasteiger partial charge in [0.2, 0.25) is 0 Å². The van der Waals surface area contributed by atoms with Crippen molar-refractivity contribution in [1.82, 2.24) is 0 Å². The van der Waals surface area contributed by atoms with E-state index >= 15 is 0 Å². The summed E-state index contributed by atoms with van der Waals surface area (Å²) in [6.45, 7) is 7.96. The molecule has 0 bridgehead atoms. The van der Waals surface area contributed by atoms with E-state index in [0.717, 1.165) is 11.1 Å². The molecule has 0 aromatic heterocycles. The van der Waals surface area contributed by atoms with E-state index in [4.69, 9.17) is 14.2 Å². The second-order valence-corrected chi connectivity index (χ2v) is 4.53. The highest BCUT2D eigenvalue weighted by atomic mass is 16.5. The van der Waals surface area contributed by atoms with Gasteiger partial charge in [-0.2, -0.15) is 0 Å². The molecular formula is C16H18O4. The molecule has 2 rings (SSSR count). The van der Waals surface area contributed by atoms with Crippen LogP contribution in [0.5, 0.6) is 5.75 Å². The summed E-state index contributed by atoms with van der Waals surface area (Å²) in [5.41, 5.74) is 1.55. The fourth-order valence-electron chi connectivity index (χ4n) is 2.29. The van der Waals surface area contributed by atoms with E-state index in [1.807, 2.05) is 24.3 Å². The molecule has 1 heterocycles. The van der Waals surface area contributed by atoms with Gasteiger partial charge in [-0.05, 0) is 11.6 Å². The first-order valence-corrected chi connectivity index (χ1v) is 6.38. The van der Waals surface area contributed by atoms with Crippen molar-refractivity contribution < 1.29 is 19.0 Å². The van der Waals surface area contributed by atoms with Crippen LogP contribution >= 0.6 is 0 Å². The summed E-state index contributed by atoms with van der Waals surface area (Å²) in [6.07, 6.45) is 1.12. The Labute approximate surface area is 118 Å². The molecule has 0 unspecified atom stereocenters. The summed E-state index contributed by atoms with van der Waals surface area (Å²) in [5.74, 6) is -0.164. The van der Waals surface area contributed by atoms with E-state index in [2.05, 4.69) is 13.2 Å². The highest BCUT2D eigenvalue weighted by molar-refractivity contribution is 5.77. The van der Waals surface area contributed by atoms with E-state index in [0.29, 0.717) is 12.4 Å². The second-order valence-electron chi connectivity index (χ2n) is 4.53. The summed E-state index contributed by atoms with van der Waals surface area (Å²) in [7, 11) is 1.59. The molecule has 4 heteroatoms. The smallest absolute Gasteiger partial charge is 0.316 e. The average molecular weight is 274 g/mol. The Morgan fingerprint density at radius 2 is 2.25 bits per heavy atom. The molecule has 0 radical (unpaired) electrons. The van der Waals surface area contributed by atoms with Gasteiger partial charge in [0.15, 0.2) is 0 Å². The Morgan fingerprint density at radius 3 is 2.95 bits per heavy atom. The summed E-state index contributed by atoms with van der Waals surface area (Å²) in [5, 5.41) is 0. The Bertz CT molecular complexity index is 521. The molecule has 0 N–H and O–H groups in total. The van der Waals surface area contributed by atoms with Crippen LogP contribution in [0, 0.1) is 5.92 Å². The molecular weight excluding hydrogens is 256 g/mol. The van der Waals surface area contributed by atoms with Crippen LogP contribution in [0.15, 0.2) is 49.1 Å². The van der Waals surface area contributed by atoms with E-state index in [1.54, 1.807) is 7.11 Å². The lowest BCUT2D eigenvalue weighted by atomic mass is 9.92. The molecule has 1 saturated heterocycles. The fourth-order valence-corrected chi connectivity index (χ4v) is 2.29. The molecule has 0 saturated carbocycles. The van der Waals surface area contributed by atoms with Crippen LogP contribution in [0.3, 0.4) is 0 Å². The first-order valence-electron chi connectivity index (χ1n) is 6.38. The minimum atomic E-state index is -0.508. The standard InChI is InChI=1S/C16H18O4/c1-4-9-19-16(17)14-11(2)10-20-15(14)12-7-5-6-8-13(12)18-3/h4-8,14-15H,1-2,9-10H2,3H3/t14-,15+/m1/s1. The van der Waals surface area contributed by atoms with Crippen LogP contribution < -0.4 is 4.74 Å². The molecule has 1 aliphatic heterocycles. The number of hydrogen-bond donors (Lipinski definition) is 0. The highest BCUT2D eigenvalue weighted by Gasteiger charge is 2.40. The summed E-state index contributed by atoms with van der Waals surface area (Å²) in [4.78, 5) is 12.1. The zero-order valence-corrected chi connectivity index (χ0v) is 11.5. The van der Waals surface area contributed by atoms with E-state index in [-0.39, 0.29) is 12.6 Å². The molecule has 1 aromatic rings. The zero-order chi connectivity index (χ0) is 14.5. The fraction of sp³-hybridized carbons (Fsp3) is 0.312. The number of para-hydroxylation sites is 1. The predicted molar refractivity (Wildman–Crippen MR) is 75.5 cm³/mol. The lowest BCUT2D eigenvalue weighted by Crippen LogP contribution is -2.22. The number of esters is 1. The van der Waals surface area contributed by atoms with Gasteiger partial charge in [0.25, 0.3) is 0 Å². The Kier molecular flexibility index (Phi) is 4.58. The topological polar surface area (TPSA) is 44.8 Å². The van der Waals surface area contributed by atoms with Crippen molar-refractivity contribution in [2.75, 3.05) is 20.3 Å². The Hall–Kier alpha value is -2.07. The number of carbonyl (C=O) groups is 1. The maximum atomic E-state index is 12.1. The molecule has 20 heavy (non-hydrogen) atoms. The Balaban J connectivity index is 2.27. The van der Waals surface area contributed by atoms with Gasteiger partial charge in [0.05, 0.1) is 13.7 Å². The van der Waals surface area contributed by atoms with Crippen molar-refractivity contribution in [3.63, 3.8) is 0 Å². The lowest BCUT2D eigenvalue weighted by Gasteiger charge is -2.19. The number of hydrogen-bond acceptors (Lipinski definition) is 4. The van der Waals surface area contributed by atoms with Gasteiger partial charge >= 0.3 is 5.97 Å². The molecule has 0 aliphatic carbocycles. The first-order chi connectivity index (χ1) is 9.69. The molecule has 2 atom stereocenters. The third-order valence-corrected chi connectivity index (χ3v) is 3.23. The first kappa shape index (κ1) is 14.3. The third kappa shape index (κ3) is 2.75. The number of benzene rings is 1. The number of carbonyl (C=O) groups excluding carboxylic acids is 1. The lowest BCUT2D eigenvalue weighted by molar-refractivity contribution is -0.148. The van der Waals surface area contributed by atoms with Crippen molar-refractivity contribution >= 4 is 5.97 Å². The van der Waals surface area contributed by atoms with Crippen LogP contribution in [-0.2, 0) is 14.3 Å². The third-order valence-electron chi connectivity index (χ3n) is 3.23. The SMILES string of the molecule is C=CCOC(=O)[C@@H]1C(=C)CO[C@H]1c1ccccc1OC. The molecule has 0 spiro atoms. The monoisotopic (exact) mass is 274 g/mol. The minimum absolute atomic E-state index is 0.182. The summed E-state index contributed by atoms with van der Waals surface area (Å²) in [6, 6.07) is 7.48. The number of methoxy groups -OCH3 is 1. The highest BCUT2D eigenvalue weighted by Crippen LogP contribution is 2.41. The zero-order valence-electron chi connectivity index (χ0n) is 11.5. The van der Waals surface area contributed by atoms with Crippen molar-refractivity contribution in [1.29, 1.82) is 0 Å². The molecule has 1 fully saturated rings. The normalized spacial score (nSPS) is 21.6. The average Bonchev–Trinajstić information content (AvgIpc) is 2.86. The predicted octanol–water partition coefficient (Wildman–Crippen LogP) is 2.67. The number of ether oxygens (including phenoxy) is 3. The molecule has 106 valence electrons. The van der Waals surface area contributed by atoms with Gasteiger partial charge in [-0.25, -0.2) is 0 Å². The van der Waals surface area contributed by atoms with E-state index in [9.17, 15) is 4.79 Å². The second kappa shape index (κ2) is 6.39. The molecule has 1 aliphatic rings. The summed E-state index contributed by atoms with van der Waals surface area (Å²) >= 11 is 0. The minimum Gasteiger partial charge on any atom is -0.496 e. The van der Waals surface area contributed by atoms with E-state index in [1.165, 1.54) is 6.08 Å². The van der Waals surface area contributed by atoms with Crippen LogP contribution in [0.4, 0.5) is 0 Å². The van der Waals surface area contributed by atoms with Crippen molar-refractivity contribution in [2.24, 2.45) is 5.92 Å².